The summed E-state index contributed by atoms with van der Waals surface area (Å²) >= 11 is 0. The summed E-state index contributed by atoms with van der Waals surface area (Å²) in [6.07, 6.45) is 1.46. The van der Waals surface area contributed by atoms with E-state index in [2.05, 4.69) is 5.32 Å². The lowest BCUT2D eigenvalue weighted by atomic mass is 10.0. The highest BCUT2D eigenvalue weighted by atomic mass is 32.2. The van der Waals surface area contributed by atoms with Crippen molar-refractivity contribution in [1.82, 2.24) is 5.32 Å². The van der Waals surface area contributed by atoms with Gasteiger partial charge in [0.15, 0.2) is 0 Å². The maximum absolute atomic E-state index is 12.4. The van der Waals surface area contributed by atoms with Crippen LogP contribution in [0.25, 0.3) is 0 Å². The standard InChI is InChI=1S/C22H29N3O5S/c1-15-8-10-19(13-17(15)3)18(4)23-22(26)7-6-12-24(31(5,29)30)21-14-20(25(27)28)11-9-16(21)2/h8-11,13-14,18H,6-7,12H2,1-5H3,(H,23,26)/t18-/m0/s1. The number of nitrogens with zero attached hydrogens (tertiary/aromatic N) is 2. The molecule has 0 spiro atoms. The fourth-order valence-electron chi connectivity index (χ4n) is 3.26. The van der Waals surface area contributed by atoms with Crippen molar-refractivity contribution in [3.63, 3.8) is 0 Å². The second-order valence-electron chi connectivity index (χ2n) is 7.80. The summed E-state index contributed by atoms with van der Waals surface area (Å²) in [5, 5.41) is 14.0. The second kappa shape index (κ2) is 9.91. The topological polar surface area (TPSA) is 110 Å². The van der Waals surface area contributed by atoms with Crippen molar-refractivity contribution < 1.29 is 18.1 Å². The van der Waals surface area contributed by atoms with Gasteiger partial charge in [-0.05, 0) is 56.4 Å². The second-order valence-corrected chi connectivity index (χ2v) is 9.71. The molecule has 0 radical (unpaired) electrons. The number of nitrogens with one attached hydrogen (secondary N) is 1. The molecule has 0 fully saturated rings. The highest BCUT2D eigenvalue weighted by Gasteiger charge is 2.22. The van der Waals surface area contributed by atoms with E-state index in [4.69, 9.17) is 0 Å². The van der Waals surface area contributed by atoms with Crippen LogP contribution in [0.15, 0.2) is 36.4 Å². The number of carbonyl (C=O) groups is 1. The Labute approximate surface area is 183 Å². The van der Waals surface area contributed by atoms with Crippen LogP contribution in [0.1, 0.15) is 48.1 Å². The number of hydrogen-bond donors (Lipinski definition) is 1. The molecule has 2 aromatic carbocycles. The van der Waals surface area contributed by atoms with Gasteiger partial charge in [0.1, 0.15) is 0 Å². The fraction of sp³-hybridized carbons (Fsp3) is 0.409. The van der Waals surface area contributed by atoms with Gasteiger partial charge in [-0.1, -0.05) is 24.3 Å². The van der Waals surface area contributed by atoms with Crippen molar-refractivity contribution >= 4 is 27.3 Å². The number of non-ortho nitro benzene ring substituents is 1. The zero-order valence-corrected chi connectivity index (χ0v) is 19.3. The molecule has 0 saturated carbocycles. The van der Waals surface area contributed by atoms with Crippen LogP contribution in [-0.4, -0.2) is 32.0 Å². The maximum atomic E-state index is 12.4. The van der Waals surface area contributed by atoms with Gasteiger partial charge in [0.25, 0.3) is 5.69 Å². The lowest BCUT2D eigenvalue weighted by Crippen LogP contribution is -2.33. The van der Waals surface area contributed by atoms with Crippen LogP contribution in [0.4, 0.5) is 11.4 Å². The first kappa shape index (κ1) is 24.3. The summed E-state index contributed by atoms with van der Waals surface area (Å²) in [5.41, 5.74) is 3.99. The van der Waals surface area contributed by atoms with Crippen molar-refractivity contribution in [3.05, 3.63) is 68.8 Å². The number of amides is 1. The minimum Gasteiger partial charge on any atom is -0.350 e. The van der Waals surface area contributed by atoms with E-state index in [1.165, 1.54) is 23.8 Å². The van der Waals surface area contributed by atoms with Gasteiger partial charge in [0.05, 0.1) is 22.9 Å². The molecule has 0 aromatic heterocycles. The Morgan fingerprint density at radius 3 is 2.32 bits per heavy atom. The molecule has 1 atom stereocenters. The molecule has 0 unspecified atom stereocenters. The average molecular weight is 448 g/mol. The van der Waals surface area contributed by atoms with Crippen molar-refractivity contribution in [2.75, 3.05) is 17.1 Å². The van der Waals surface area contributed by atoms with E-state index in [9.17, 15) is 23.3 Å². The van der Waals surface area contributed by atoms with Crippen molar-refractivity contribution in [2.24, 2.45) is 0 Å². The summed E-state index contributed by atoms with van der Waals surface area (Å²) < 4.78 is 25.8. The fourth-order valence-corrected chi connectivity index (χ4v) is 4.27. The molecule has 1 amide bonds. The van der Waals surface area contributed by atoms with Gasteiger partial charge in [-0.15, -0.1) is 0 Å². The van der Waals surface area contributed by atoms with Crippen LogP contribution >= 0.6 is 0 Å². The van der Waals surface area contributed by atoms with Crippen LogP contribution < -0.4 is 9.62 Å². The van der Waals surface area contributed by atoms with Crippen LogP contribution in [0.3, 0.4) is 0 Å². The minimum absolute atomic E-state index is 0.0479. The zero-order chi connectivity index (χ0) is 23.3. The predicted octanol–water partition coefficient (Wildman–Crippen LogP) is 3.94. The van der Waals surface area contributed by atoms with Crippen LogP contribution in [0.2, 0.25) is 0 Å². The smallest absolute Gasteiger partial charge is 0.271 e. The first-order valence-electron chi connectivity index (χ1n) is 9.99. The molecule has 0 saturated heterocycles. The van der Waals surface area contributed by atoms with Gasteiger partial charge < -0.3 is 5.32 Å². The van der Waals surface area contributed by atoms with Gasteiger partial charge in [0.2, 0.25) is 15.9 Å². The lowest BCUT2D eigenvalue weighted by molar-refractivity contribution is -0.384. The first-order valence-corrected chi connectivity index (χ1v) is 11.8. The molecule has 1 N–H and O–H groups in total. The minimum atomic E-state index is -3.68. The van der Waals surface area contributed by atoms with E-state index in [1.54, 1.807) is 6.92 Å². The Bertz CT molecular complexity index is 1080. The first-order chi connectivity index (χ1) is 14.4. The number of rotatable bonds is 9. The van der Waals surface area contributed by atoms with Crippen molar-refractivity contribution in [2.45, 2.75) is 46.6 Å². The summed E-state index contributed by atoms with van der Waals surface area (Å²) in [6, 6.07) is 9.96. The SMILES string of the molecule is Cc1ccc([C@H](C)NC(=O)CCCN(c2cc([N+](=O)[O-])ccc2C)S(C)(=O)=O)cc1C. The lowest BCUT2D eigenvalue weighted by Gasteiger charge is -2.24. The summed E-state index contributed by atoms with van der Waals surface area (Å²) in [6.45, 7) is 7.68. The van der Waals surface area contributed by atoms with Gasteiger partial charge in [-0.2, -0.15) is 0 Å². The molecule has 168 valence electrons. The molecule has 0 heterocycles. The van der Waals surface area contributed by atoms with E-state index in [0.717, 1.165) is 21.7 Å². The molecular formula is C22H29N3O5S. The van der Waals surface area contributed by atoms with E-state index < -0.39 is 14.9 Å². The molecule has 0 aliphatic rings. The van der Waals surface area contributed by atoms with Crippen LogP contribution in [0.5, 0.6) is 0 Å². The molecule has 31 heavy (non-hydrogen) atoms. The van der Waals surface area contributed by atoms with E-state index in [0.29, 0.717) is 5.56 Å². The Balaban J connectivity index is 2.05. The van der Waals surface area contributed by atoms with Crippen LogP contribution in [0, 0.1) is 30.9 Å². The number of benzene rings is 2. The number of anilines is 1. The number of nitro groups is 1. The summed E-state index contributed by atoms with van der Waals surface area (Å²) in [4.78, 5) is 22.9. The average Bonchev–Trinajstić information content (AvgIpc) is 2.67. The number of nitro benzene ring substituents is 1. The number of sulfonamides is 1. The summed E-state index contributed by atoms with van der Waals surface area (Å²) in [5.74, 6) is -0.185. The van der Waals surface area contributed by atoms with Crippen molar-refractivity contribution in [3.8, 4) is 0 Å². The molecule has 0 aliphatic heterocycles. The number of aryl methyl sites for hydroxylation is 3. The maximum Gasteiger partial charge on any atom is 0.271 e. The Morgan fingerprint density at radius 2 is 1.74 bits per heavy atom. The van der Waals surface area contributed by atoms with Gasteiger partial charge in [-0.25, -0.2) is 8.42 Å². The third kappa shape index (κ3) is 6.52. The highest BCUT2D eigenvalue weighted by molar-refractivity contribution is 7.92. The number of carbonyl (C=O) groups excluding carboxylic acids is 1. The normalized spacial score (nSPS) is 12.3. The van der Waals surface area contributed by atoms with Gasteiger partial charge in [-0.3, -0.25) is 19.2 Å². The zero-order valence-electron chi connectivity index (χ0n) is 18.5. The van der Waals surface area contributed by atoms with E-state index in [1.807, 2.05) is 39.0 Å². The monoisotopic (exact) mass is 447 g/mol. The highest BCUT2D eigenvalue weighted by Crippen LogP contribution is 2.28. The largest absolute Gasteiger partial charge is 0.350 e. The molecule has 2 rings (SSSR count). The molecular weight excluding hydrogens is 418 g/mol. The van der Waals surface area contributed by atoms with Gasteiger partial charge in [0, 0.05) is 25.1 Å². The van der Waals surface area contributed by atoms with Gasteiger partial charge >= 0.3 is 0 Å². The Hall–Kier alpha value is -2.94. The number of hydrogen-bond acceptors (Lipinski definition) is 5. The predicted molar refractivity (Wildman–Crippen MR) is 122 cm³/mol. The molecule has 8 nitrogen and oxygen atoms in total. The molecule has 9 heteroatoms. The van der Waals surface area contributed by atoms with Crippen LogP contribution in [-0.2, 0) is 14.8 Å². The molecule has 0 aliphatic carbocycles. The molecule has 0 bridgehead atoms. The summed E-state index contributed by atoms with van der Waals surface area (Å²) in [7, 11) is -3.68. The Morgan fingerprint density at radius 1 is 1.10 bits per heavy atom. The third-order valence-electron chi connectivity index (χ3n) is 5.25. The van der Waals surface area contributed by atoms with E-state index in [-0.39, 0.29) is 42.7 Å². The van der Waals surface area contributed by atoms with E-state index >= 15 is 0 Å². The quantitative estimate of drug-likeness (QED) is 0.462. The Kier molecular flexibility index (Phi) is 7.78. The van der Waals surface area contributed by atoms with Crippen molar-refractivity contribution in [1.29, 1.82) is 0 Å². The molecule has 2 aromatic rings. The third-order valence-corrected chi connectivity index (χ3v) is 6.43.